The van der Waals surface area contributed by atoms with Crippen LogP contribution in [0, 0.1) is 0 Å². The van der Waals surface area contributed by atoms with E-state index in [0.29, 0.717) is 21.8 Å². The van der Waals surface area contributed by atoms with Gasteiger partial charge in [0.25, 0.3) is 0 Å². The largest absolute Gasteiger partial charge is 0.375 e. The number of aromatic amines is 1. The minimum Gasteiger partial charge on any atom is -0.375 e. The van der Waals surface area contributed by atoms with Crippen molar-refractivity contribution in [1.29, 1.82) is 0 Å². The number of aromatic nitrogens is 5. The molecule has 5 N–H and O–H groups in total. The van der Waals surface area contributed by atoms with Crippen LogP contribution in [-0.4, -0.2) is 42.4 Å². The van der Waals surface area contributed by atoms with Crippen LogP contribution in [0.2, 0.25) is 0 Å². The number of sulfonamides is 1. The lowest BCUT2D eigenvalue weighted by molar-refractivity contribution is 0.583. The van der Waals surface area contributed by atoms with Gasteiger partial charge in [0.1, 0.15) is 4.90 Å². The molecule has 172 valence electrons. The number of tetrazole rings is 1. The number of sulfone groups is 1. The van der Waals surface area contributed by atoms with Gasteiger partial charge < -0.3 is 5.73 Å². The predicted octanol–water partition coefficient (Wildman–Crippen LogP) is 2.21. The Hall–Kier alpha value is -3.72. The number of nitrogens with two attached hydrogens (primary N) is 2. The minimum atomic E-state index is -4.60. The number of rotatable bonds is 5. The van der Waals surface area contributed by atoms with Crippen LogP contribution in [0.5, 0.6) is 0 Å². The lowest BCUT2D eigenvalue weighted by atomic mass is 9.98. The maximum atomic E-state index is 13.5. The van der Waals surface area contributed by atoms with E-state index < -0.39 is 29.7 Å². The predicted molar refractivity (Wildman–Crippen MR) is 126 cm³/mol. The topological polar surface area (TPSA) is 188 Å². The summed E-state index contributed by atoms with van der Waals surface area (Å²) in [4.78, 5) is 3.11. The van der Waals surface area contributed by atoms with E-state index in [9.17, 15) is 16.8 Å². The second-order valence-electron chi connectivity index (χ2n) is 7.12. The zero-order valence-electron chi connectivity index (χ0n) is 17.1. The summed E-state index contributed by atoms with van der Waals surface area (Å²) in [5.41, 5.74) is 7.08. The number of hydrogen-bond donors (Lipinski definition) is 3. The first-order chi connectivity index (χ1) is 16.2. The molecule has 34 heavy (non-hydrogen) atoms. The Morgan fingerprint density at radius 3 is 2.32 bits per heavy atom. The monoisotopic (exact) mass is 513 g/mol. The Balaban J connectivity index is 1.93. The lowest BCUT2D eigenvalue weighted by Gasteiger charge is -2.16. The first-order valence-corrected chi connectivity index (χ1v) is 13.4. The molecule has 0 amide bonds. The summed E-state index contributed by atoms with van der Waals surface area (Å²) in [5, 5.41) is 19.5. The highest BCUT2D eigenvalue weighted by molar-refractivity contribution is 7.93. The van der Waals surface area contributed by atoms with Crippen molar-refractivity contribution in [1.82, 2.24) is 25.6 Å². The molecule has 0 aliphatic rings. The molecule has 0 fully saturated rings. The molecular formula is C20H15N7O4S3. The highest BCUT2D eigenvalue weighted by Crippen LogP contribution is 2.42. The second kappa shape index (κ2) is 7.95. The third-order valence-electron chi connectivity index (χ3n) is 5.04. The standard InChI is InChI=1S/C20H15N7O4S3/c21-20-23-17-13(7-4-8-14(17)32-20)12-9-10-15(33(28,29)11-5-2-1-3-6-11)18(34(22,30)31)16(12)19-24-26-27-25-19/h1-10H,(H2,21,23)(H2,22,30,31)(H,24,25,26,27). The first kappa shape index (κ1) is 22.1. The molecule has 0 saturated heterocycles. The fourth-order valence-electron chi connectivity index (χ4n) is 3.68. The Kier molecular flexibility index (Phi) is 5.16. The second-order valence-corrected chi connectivity index (χ2v) is 11.6. The molecule has 0 spiro atoms. The molecule has 0 aliphatic carbocycles. The summed E-state index contributed by atoms with van der Waals surface area (Å²) >= 11 is 1.26. The van der Waals surface area contributed by atoms with Crippen LogP contribution in [0.1, 0.15) is 0 Å². The molecule has 0 unspecified atom stereocenters. The van der Waals surface area contributed by atoms with Gasteiger partial charge >= 0.3 is 0 Å². The van der Waals surface area contributed by atoms with Crippen LogP contribution in [-0.2, 0) is 19.9 Å². The molecule has 0 bridgehead atoms. The first-order valence-electron chi connectivity index (χ1n) is 9.57. The number of fused-ring (bicyclic) bond motifs is 1. The van der Waals surface area contributed by atoms with Gasteiger partial charge in [-0.2, -0.15) is 5.21 Å². The number of para-hydroxylation sites is 1. The minimum absolute atomic E-state index is 0.0962. The van der Waals surface area contributed by atoms with Crippen molar-refractivity contribution in [3.8, 4) is 22.5 Å². The number of primary sulfonamides is 1. The number of nitrogen functional groups attached to an aromatic ring is 1. The van der Waals surface area contributed by atoms with Crippen molar-refractivity contribution in [3.63, 3.8) is 0 Å². The van der Waals surface area contributed by atoms with Crippen molar-refractivity contribution in [3.05, 3.63) is 60.7 Å². The van der Waals surface area contributed by atoms with E-state index >= 15 is 0 Å². The van der Waals surface area contributed by atoms with Crippen molar-refractivity contribution in [2.45, 2.75) is 14.7 Å². The zero-order chi connectivity index (χ0) is 24.1. The summed E-state index contributed by atoms with van der Waals surface area (Å²) in [7, 11) is -8.89. The Bertz CT molecular complexity index is 1750. The van der Waals surface area contributed by atoms with Crippen molar-refractivity contribution >= 4 is 46.5 Å². The Morgan fingerprint density at radius 2 is 1.65 bits per heavy atom. The maximum absolute atomic E-state index is 13.5. The van der Waals surface area contributed by atoms with Gasteiger partial charge in [-0.1, -0.05) is 47.7 Å². The SMILES string of the molecule is Nc1nc2c(-c3ccc(S(=O)(=O)c4ccccc4)c(S(N)(=O)=O)c3-c3nn[nH]n3)cccc2s1. The Labute approximate surface area is 197 Å². The zero-order valence-corrected chi connectivity index (χ0v) is 19.5. The van der Waals surface area contributed by atoms with E-state index in [1.807, 2.05) is 6.07 Å². The molecule has 14 heteroatoms. The fraction of sp³-hybridized carbons (Fsp3) is 0. The van der Waals surface area contributed by atoms with Crippen LogP contribution in [0.25, 0.3) is 32.7 Å². The van der Waals surface area contributed by atoms with E-state index in [-0.39, 0.29) is 16.3 Å². The summed E-state index contributed by atoms with van der Waals surface area (Å²) < 4.78 is 53.5. The lowest BCUT2D eigenvalue weighted by Crippen LogP contribution is -2.19. The summed E-state index contributed by atoms with van der Waals surface area (Å²) in [6, 6.07) is 15.4. The van der Waals surface area contributed by atoms with Crippen LogP contribution in [0.4, 0.5) is 5.13 Å². The molecule has 0 radical (unpaired) electrons. The quantitative estimate of drug-likeness (QED) is 0.316. The maximum Gasteiger partial charge on any atom is 0.240 e. The van der Waals surface area contributed by atoms with Gasteiger partial charge in [-0.25, -0.2) is 27.0 Å². The average Bonchev–Trinajstić information content (AvgIpc) is 3.47. The van der Waals surface area contributed by atoms with Gasteiger partial charge in [-0.05, 0) is 35.0 Å². The Morgan fingerprint density at radius 1 is 0.882 bits per heavy atom. The normalized spacial score (nSPS) is 12.3. The molecule has 0 aliphatic heterocycles. The van der Waals surface area contributed by atoms with E-state index in [1.165, 1.54) is 47.7 Å². The molecule has 11 nitrogen and oxygen atoms in total. The summed E-state index contributed by atoms with van der Waals surface area (Å²) in [6.07, 6.45) is 0. The third kappa shape index (κ3) is 3.62. The highest BCUT2D eigenvalue weighted by Gasteiger charge is 2.33. The summed E-state index contributed by atoms with van der Waals surface area (Å²) in [5.74, 6) is -0.149. The number of anilines is 1. The van der Waals surface area contributed by atoms with Gasteiger partial charge in [0.05, 0.1) is 25.6 Å². The average molecular weight is 514 g/mol. The molecular weight excluding hydrogens is 498 g/mol. The van der Waals surface area contributed by atoms with Gasteiger partial charge in [-0.15, -0.1) is 10.2 Å². The molecule has 0 atom stereocenters. The van der Waals surface area contributed by atoms with E-state index in [4.69, 9.17) is 10.9 Å². The van der Waals surface area contributed by atoms with Gasteiger partial charge in [0, 0.05) is 5.56 Å². The van der Waals surface area contributed by atoms with Gasteiger partial charge in [-0.3, -0.25) is 0 Å². The molecule has 2 heterocycles. The number of nitrogens with one attached hydrogen (secondary N) is 1. The number of hydrogen-bond acceptors (Lipinski definition) is 10. The van der Waals surface area contributed by atoms with E-state index in [2.05, 4.69) is 25.6 Å². The van der Waals surface area contributed by atoms with E-state index in [0.717, 1.165) is 4.70 Å². The van der Waals surface area contributed by atoms with Crippen LogP contribution in [0.3, 0.4) is 0 Å². The number of H-pyrrole nitrogens is 1. The van der Waals surface area contributed by atoms with E-state index in [1.54, 1.807) is 18.2 Å². The molecule has 5 aromatic rings. The van der Waals surface area contributed by atoms with Crippen LogP contribution in [0.15, 0.2) is 75.4 Å². The molecule has 5 rings (SSSR count). The van der Waals surface area contributed by atoms with Crippen molar-refractivity contribution < 1.29 is 16.8 Å². The fourth-order valence-corrected chi connectivity index (χ4v) is 7.32. The molecule has 0 saturated carbocycles. The third-order valence-corrected chi connectivity index (χ3v) is 8.83. The van der Waals surface area contributed by atoms with Crippen LogP contribution < -0.4 is 10.9 Å². The summed E-state index contributed by atoms with van der Waals surface area (Å²) in [6.45, 7) is 0. The number of thiazole rings is 1. The van der Waals surface area contributed by atoms with Crippen molar-refractivity contribution in [2.24, 2.45) is 5.14 Å². The van der Waals surface area contributed by atoms with Crippen molar-refractivity contribution in [2.75, 3.05) is 5.73 Å². The van der Waals surface area contributed by atoms with Crippen LogP contribution >= 0.6 is 11.3 Å². The molecule has 3 aromatic carbocycles. The smallest absolute Gasteiger partial charge is 0.240 e. The van der Waals surface area contributed by atoms with Gasteiger partial charge in [0.2, 0.25) is 25.7 Å². The number of benzene rings is 3. The molecule has 2 aromatic heterocycles. The highest BCUT2D eigenvalue weighted by atomic mass is 32.2. The number of nitrogens with zero attached hydrogens (tertiary/aromatic N) is 4. The van der Waals surface area contributed by atoms with Gasteiger partial charge in [0.15, 0.2) is 5.13 Å².